The zero-order valence-electron chi connectivity index (χ0n) is 14.9. The van der Waals surface area contributed by atoms with Crippen LogP contribution in [0.25, 0.3) is 0 Å². The average molecular weight is 360 g/mol. The molecule has 0 aromatic heterocycles. The third-order valence-corrected chi connectivity index (χ3v) is 4.59. The topological polar surface area (TPSA) is 113 Å². The monoisotopic (exact) mass is 360 g/mol. The number of aliphatic hydroxyl groups excluding tert-OH is 1. The smallest absolute Gasteiger partial charge is 0.260 e. The largest absolute Gasteiger partial charge is 0.390 e. The number of rotatable bonds is 6. The van der Waals surface area contributed by atoms with Gasteiger partial charge in [-0.05, 0) is 37.9 Å². The molecular weight excluding hydrogens is 334 g/mol. The summed E-state index contributed by atoms with van der Waals surface area (Å²) in [6.07, 6.45) is 1.86. The van der Waals surface area contributed by atoms with E-state index in [2.05, 4.69) is 5.32 Å². The quantitative estimate of drug-likeness (QED) is 0.683. The van der Waals surface area contributed by atoms with Gasteiger partial charge in [0.15, 0.2) is 0 Å². The summed E-state index contributed by atoms with van der Waals surface area (Å²) >= 11 is 0. The van der Waals surface area contributed by atoms with Crippen molar-refractivity contribution in [3.05, 3.63) is 42.3 Å². The summed E-state index contributed by atoms with van der Waals surface area (Å²) in [6.45, 7) is 2.66. The lowest BCUT2D eigenvalue weighted by atomic mass is 10.00. The summed E-state index contributed by atoms with van der Waals surface area (Å²) in [5, 5.41) is 13.5. The molecule has 0 spiro atoms. The number of nitrogens with one attached hydrogen (secondary N) is 1. The van der Waals surface area contributed by atoms with Crippen LogP contribution in [0.15, 0.2) is 30.3 Å². The number of nitrogens with zero attached hydrogens (tertiary/aromatic N) is 1. The van der Waals surface area contributed by atoms with Crippen LogP contribution in [0.1, 0.15) is 36.5 Å². The summed E-state index contributed by atoms with van der Waals surface area (Å²) < 4.78 is 0. The fourth-order valence-electron chi connectivity index (χ4n) is 2.94. The summed E-state index contributed by atoms with van der Waals surface area (Å²) in [5.41, 5.74) is 5.61. The number of β-amino-alcohol motifs (C(OH)–C–C–N with tert-alkyl or cyclic N) is 1. The van der Waals surface area contributed by atoms with Crippen molar-refractivity contribution in [2.75, 3.05) is 13.1 Å². The minimum Gasteiger partial charge on any atom is -0.390 e. The summed E-state index contributed by atoms with van der Waals surface area (Å²) in [7, 11) is 0. The van der Waals surface area contributed by atoms with Gasteiger partial charge in [-0.2, -0.15) is 0 Å². The van der Waals surface area contributed by atoms with Crippen LogP contribution in [0, 0.1) is 12.3 Å². The number of hydrogen-bond acceptors (Lipinski definition) is 5. The first kappa shape index (κ1) is 20.1. The van der Waals surface area contributed by atoms with Gasteiger partial charge in [0.2, 0.25) is 11.8 Å². The van der Waals surface area contributed by atoms with Crippen LogP contribution < -0.4 is 11.1 Å². The highest BCUT2D eigenvalue weighted by atomic mass is 16.3. The first-order chi connectivity index (χ1) is 12.4. The lowest BCUT2D eigenvalue weighted by Crippen LogP contribution is -2.51. The molecule has 7 heteroatoms. The van der Waals surface area contributed by atoms with Gasteiger partial charge in [-0.15, -0.1) is 0 Å². The molecule has 1 saturated heterocycles. The van der Waals surface area contributed by atoms with E-state index >= 15 is 0 Å². The molecule has 3 amide bonds. The van der Waals surface area contributed by atoms with E-state index in [1.165, 1.54) is 6.42 Å². The molecule has 26 heavy (non-hydrogen) atoms. The van der Waals surface area contributed by atoms with E-state index in [9.17, 15) is 19.5 Å². The highest BCUT2D eigenvalue weighted by molar-refractivity contribution is 6.07. The van der Waals surface area contributed by atoms with Crippen LogP contribution >= 0.6 is 0 Å². The van der Waals surface area contributed by atoms with E-state index in [1.54, 1.807) is 37.3 Å². The Bertz CT molecular complexity index is 635. The fourth-order valence-corrected chi connectivity index (χ4v) is 2.94. The zero-order valence-corrected chi connectivity index (χ0v) is 14.9. The van der Waals surface area contributed by atoms with E-state index in [1.807, 2.05) is 0 Å². The van der Waals surface area contributed by atoms with E-state index < -0.39 is 35.8 Å². The van der Waals surface area contributed by atoms with Gasteiger partial charge in [0, 0.05) is 18.0 Å². The number of carbonyl (C=O) groups excluding carboxylic acids is 3. The normalized spacial score (nSPS) is 21.5. The Morgan fingerprint density at radius 2 is 2.04 bits per heavy atom. The van der Waals surface area contributed by atoms with Crippen molar-refractivity contribution >= 4 is 17.7 Å². The SMILES string of the molecule is CC(C[CH]C(=O)N(C(=O)c1ccccc1)C1CCCNC[C@@H]1O)C(N)=O. The van der Waals surface area contributed by atoms with Crippen molar-refractivity contribution in [2.24, 2.45) is 11.7 Å². The van der Waals surface area contributed by atoms with Crippen molar-refractivity contribution < 1.29 is 19.5 Å². The van der Waals surface area contributed by atoms with Gasteiger partial charge in [0.25, 0.3) is 5.91 Å². The number of nitrogens with two attached hydrogens (primary N) is 1. The average Bonchev–Trinajstić information content (AvgIpc) is 2.85. The molecule has 141 valence electrons. The number of imide groups is 1. The lowest BCUT2D eigenvalue weighted by molar-refractivity contribution is -0.129. The maximum atomic E-state index is 13.0. The molecule has 2 unspecified atom stereocenters. The number of primary amides is 1. The van der Waals surface area contributed by atoms with Crippen LogP contribution in [0.4, 0.5) is 0 Å². The van der Waals surface area contributed by atoms with Crippen molar-refractivity contribution in [2.45, 2.75) is 38.3 Å². The van der Waals surface area contributed by atoms with E-state index in [4.69, 9.17) is 5.73 Å². The minimum atomic E-state index is -0.851. The van der Waals surface area contributed by atoms with Crippen molar-refractivity contribution in [1.82, 2.24) is 10.2 Å². The zero-order chi connectivity index (χ0) is 19.1. The Hall–Kier alpha value is -2.25. The fraction of sp³-hybridized carbons (Fsp3) is 0.474. The van der Waals surface area contributed by atoms with Crippen LogP contribution in [-0.2, 0) is 9.59 Å². The summed E-state index contributed by atoms with van der Waals surface area (Å²) in [4.78, 5) is 38.1. The van der Waals surface area contributed by atoms with Gasteiger partial charge < -0.3 is 16.2 Å². The van der Waals surface area contributed by atoms with E-state index in [-0.39, 0.29) is 6.42 Å². The summed E-state index contributed by atoms with van der Waals surface area (Å²) in [5.74, 6) is -1.98. The van der Waals surface area contributed by atoms with Crippen LogP contribution in [-0.4, -0.2) is 53.0 Å². The third kappa shape index (κ3) is 5.12. The maximum absolute atomic E-state index is 13.0. The van der Waals surface area contributed by atoms with Gasteiger partial charge in [0.1, 0.15) is 0 Å². The number of aliphatic hydroxyl groups is 1. The maximum Gasteiger partial charge on any atom is 0.260 e. The summed E-state index contributed by atoms with van der Waals surface area (Å²) in [6, 6.07) is 7.88. The first-order valence-corrected chi connectivity index (χ1v) is 8.85. The molecule has 7 nitrogen and oxygen atoms in total. The highest BCUT2D eigenvalue weighted by Gasteiger charge is 2.35. The van der Waals surface area contributed by atoms with Crippen LogP contribution in [0.2, 0.25) is 0 Å². The van der Waals surface area contributed by atoms with Crippen molar-refractivity contribution in [1.29, 1.82) is 0 Å². The molecule has 3 atom stereocenters. The second kappa shape index (κ2) is 9.45. The molecule has 1 aliphatic heterocycles. The number of carbonyl (C=O) groups is 3. The van der Waals surface area contributed by atoms with Crippen molar-refractivity contribution in [3.63, 3.8) is 0 Å². The Labute approximate surface area is 153 Å². The highest BCUT2D eigenvalue weighted by Crippen LogP contribution is 2.20. The predicted molar refractivity (Wildman–Crippen MR) is 96.8 cm³/mol. The third-order valence-electron chi connectivity index (χ3n) is 4.59. The van der Waals surface area contributed by atoms with Crippen LogP contribution in [0.5, 0.6) is 0 Å². The Morgan fingerprint density at radius 3 is 2.69 bits per heavy atom. The van der Waals surface area contributed by atoms with Gasteiger partial charge in [-0.1, -0.05) is 25.1 Å². The molecule has 1 heterocycles. The number of hydrogen-bond donors (Lipinski definition) is 3. The Morgan fingerprint density at radius 1 is 1.35 bits per heavy atom. The molecule has 1 aliphatic rings. The first-order valence-electron chi connectivity index (χ1n) is 8.85. The molecule has 0 bridgehead atoms. The molecule has 1 radical (unpaired) electrons. The van der Waals surface area contributed by atoms with Gasteiger partial charge in [-0.3, -0.25) is 19.3 Å². The molecule has 0 aliphatic carbocycles. The van der Waals surface area contributed by atoms with Gasteiger partial charge in [0.05, 0.1) is 18.6 Å². The number of benzene rings is 1. The Balaban J connectivity index is 2.24. The Kier molecular flexibility index (Phi) is 7.29. The van der Waals surface area contributed by atoms with Gasteiger partial charge >= 0.3 is 0 Å². The molecule has 1 aromatic carbocycles. The molecular formula is C19H26N3O4. The van der Waals surface area contributed by atoms with E-state index in [0.29, 0.717) is 18.5 Å². The molecule has 1 aromatic rings. The second-order valence-electron chi connectivity index (χ2n) is 6.60. The molecule has 0 saturated carbocycles. The standard InChI is InChI=1S/C19H26N3O4/c1-13(18(20)25)9-10-17(24)22(15-8-5-11-21-12-16(15)23)19(26)14-6-3-2-4-7-14/h2-4,6-7,10,13,15-16,21,23H,5,8-9,11-12H2,1H3,(H2,20,25)/t13?,15?,16-/m0/s1. The lowest BCUT2D eigenvalue weighted by Gasteiger charge is -2.32. The van der Waals surface area contributed by atoms with Gasteiger partial charge in [-0.25, -0.2) is 0 Å². The molecule has 4 N–H and O–H groups in total. The van der Waals surface area contributed by atoms with Crippen LogP contribution in [0.3, 0.4) is 0 Å². The predicted octanol–water partition coefficient (Wildman–Crippen LogP) is 0.484. The molecule has 1 fully saturated rings. The number of amides is 3. The second-order valence-corrected chi connectivity index (χ2v) is 6.60. The molecule has 2 rings (SSSR count). The minimum absolute atomic E-state index is 0.147. The van der Waals surface area contributed by atoms with Crippen molar-refractivity contribution in [3.8, 4) is 0 Å². The van der Waals surface area contributed by atoms with E-state index in [0.717, 1.165) is 17.9 Å².